The Labute approximate surface area is 411 Å². The predicted octanol–water partition coefficient (Wildman–Crippen LogP) is 8.11. The lowest BCUT2D eigenvalue weighted by molar-refractivity contribution is -0.359. The lowest BCUT2D eigenvalue weighted by Gasteiger charge is -2.46. The summed E-state index contributed by atoms with van der Waals surface area (Å²) in [6.45, 7) is 2.78. The van der Waals surface area contributed by atoms with Crippen molar-refractivity contribution in [1.82, 2.24) is 5.32 Å². The van der Waals surface area contributed by atoms with Crippen LogP contribution in [0.1, 0.15) is 219 Å². The maximum absolute atomic E-state index is 13.2. The average molecular weight is 972 g/mol. The van der Waals surface area contributed by atoms with Gasteiger partial charge < -0.3 is 65.1 Å². The molecule has 2 aliphatic heterocycles. The molecular formula is C54H101NO13. The zero-order valence-electron chi connectivity index (χ0n) is 42.6. The van der Waals surface area contributed by atoms with Crippen LogP contribution < -0.4 is 5.32 Å². The standard InChI is InChI=1S/C54H101NO13/c1-3-5-7-9-11-13-15-17-18-19-20-21-22-23-24-26-27-29-31-33-35-37-43(58)42(55-46(59)38-36-34-32-30-28-25-16-14-12-10-8-6-4-2)41-65-53-51(64)49(62)52(45(40-57)67-53)68-54-50(63)48(61)47(60)44(39-56)66-54/h27,29,35,37,42-45,47-54,56-58,60-64H,3-26,28,30-34,36,38-41H2,1-2H3,(H,55,59)/b29-27+,37-35+. The van der Waals surface area contributed by atoms with Crippen molar-refractivity contribution in [2.45, 2.75) is 293 Å². The van der Waals surface area contributed by atoms with Gasteiger partial charge in [0.05, 0.1) is 32.0 Å². The minimum absolute atomic E-state index is 0.248. The average Bonchev–Trinajstić information content (AvgIpc) is 3.34. The van der Waals surface area contributed by atoms with Gasteiger partial charge in [-0.2, -0.15) is 0 Å². The molecule has 2 heterocycles. The number of rotatable bonds is 43. The van der Waals surface area contributed by atoms with Gasteiger partial charge in [-0.15, -0.1) is 0 Å². The fraction of sp³-hybridized carbons (Fsp3) is 0.907. The first-order valence-electron chi connectivity index (χ1n) is 27.6. The Hall–Kier alpha value is -1.53. The van der Waals surface area contributed by atoms with Gasteiger partial charge in [0.25, 0.3) is 0 Å². The SMILES string of the molecule is CCCCCCCCCCCCCCCCC/C=C/CC/C=C/C(O)C(COC1OC(CO)C(OC2OC(CO)C(O)C(O)C2O)C(O)C1O)NC(=O)CCCCCCCCCCCCCCC. The number of ether oxygens (including phenoxy) is 4. The molecular weight excluding hydrogens is 871 g/mol. The van der Waals surface area contributed by atoms with Gasteiger partial charge in [0.1, 0.15) is 48.8 Å². The smallest absolute Gasteiger partial charge is 0.220 e. The summed E-state index contributed by atoms with van der Waals surface area (Å²) in [6, 6.07) is -0.926. The first-order chi connectivity index (χ1) is 33.1. The number of carbonyl (C=O) groups is 1. The third-order valence-electron chi connectivity index (χ3n) is 13.6. The summed E-state index contributed by atoms with van der Waals surface area (Å²) < 4.78 is 22.7. The number of aliphatic hydroxyl groups is 8. The van der Waals surface area contributed by atoms with E-state index in [-0.39, 0.29) is 18.9 Å². The molecule has 12 atom stereocenters. The molecule has 2 aliphatic rings. The van der Waals surface area contributed by atoms with Gasteiger partial charge in [-0.05, 0) is 32.1 Å². The summed E-state index contributed by atoms with van der Waals surface area (Å²) in [6.07, 6.45) is 29.4. The minimum Gasteiger partial charge on any atom is -0.394 e. The second-order valence-electron chi connectivity index (χ2n) is 19.7. The van der Waals surface area contributed by atoms with Crippen LogP contribution in [-0.2, 0) is 23.7 Å². The van der Waals surface area contributed by atoms with Gasteiger partial charge >= 0.3 is 0 Å². The van der Waals surface area contributed by atoms with E-state index >= 15 is 0 Å². The summed E-state index contributed by atoms with van der Waals surface area (Å²) in [5.74, 6) is -0.248. The van der Waals surface area contributed by atoms with E-state index in [2.05, 4.69) is 31.3 Å². The number of unbranched alkanes of at least 4 members (excludes halogenated alkanes) is 28. The summed E-state index contributed by atoms with van der Waals surface area (Å²) in [5.41, 5.74) is 0. The minimum atomic E-state index is -1.79. The Balaban J connectivity index is 1.82. The molecule has 0 aromatic heterocycles. The molecule has 0 radical (unpaired) electrons. The third kappa shape index (κ3) is 27.3. The summed E-state index contributed by atoms with van der Waals surface area (Å²) in [4.78, 5) is 13.2. The van der Waals surface area contributed by atoms with E-state index in [0.717, 1.165) is 32.1 Å². The molecule has 0 bridgehead atoms. The molecule has 68 heavy (non-hydrogen) atoms. The van der Waals surface area contributed by atoms with Crippen molar-refractivity contribution in [1.29, 1.82) is 0 Å². The van der Waals surface area contributed by atoms with Crippen LogP contribution in [0.3, 0.4) is 0 Å². The number of hydrogen-bond donors (Lipinski definition) is 9. The van der Waals surface area contributed by atoms with Crippen LogP contribution >= 0.6 is 0 Å². The fourth-order valence-corrected chi connectivity index (χ4v) is 9.13. The van der Waals surface area contributed by atoms with Gasteiger partial charge in [0.15, 0.2) is 12.6 Å². The lowest BCUT2D eigenvalue weighted by atomic mass is 9.97. The molecule has 2 saturated heterocycles. The van der Waals surface area contributed by atoms with Gasteiger partial charge in [-0.25, -0.2) is 0 Å². The van der Waals surface area contributed by atoms with Crippen molar-refractivity contribution in [3.8, 4) is 0 Å². The largest absolute Gasteiger partial charge is 0.394 e. The van der Waals surface area contributed by atoms with Crippen molar-refractivity contribution in [3.63, 3.8) is 0 Å². The van der Waals surface area contributed by atoms with Crippen molar-refractivity contribution < 1.29 is 64.6 Å². The molecule has 12 unspecified atom stereocenters. The first-order valence-corrected chi connectivity index (χ1v) is 27.6. The molecule has 14 nitrogen and oxygen atoms in total. The monoisotopic (exact) mass is 972 g/mol. The Morgan fingerprint density at radius 3 is 1.44 bits per heavy atom. The van der Waals surface area contributed by atoms with E-state index in [1.54, 1.807) is 6.08 Å². The zero-order chi connectivity index (χ0) is 49.6. The molecule has 0 saturated carbocycles. The van der Waals surface area contributed by atoms with Crippen LogP contribution in [0.25, 0.3) is 0 Å². The number of hydrogen-bond acceptors (Lipinski definition) is 13. The fourth-order valence-electron chi connectivity index (χ4n) is 9.13. The van der Waals surface area contributed by atoms with E-state index in [1.807, 2.05) is 6.08 Å². The van der Waals surface area contributed by atoms with Crippen molar-refractivity contribution in [2.75, 3.05) is 19.8 Å². The Bertz CT molecular complexity index is 1240. The molecule has 9 N–H and O–H groups in total. The van der Waals surface area contributed by atoms with Crippen LogP contribution in [0.4, 0.5) is 0 Å². The number of carbonyl (C=O) groups excluding carboxylic acids is 1. The Kier molecular flexibility index (Phi) is 37.7. The van der Waals surface area contributed by atoms with Crippen molar-refractivity contribution >= 4 is 5.91 Å². The number of allylic oxidation sites excluding steroid dienone is 3. The molecule has 400 valence electrons. The van der Waals surface area contributed by atoms with Crippen molar-refractivity contribution in [2.24, 2.45) is 0 Å². The quantitative estimate of drug-likeness (QED) is 0.0208. The number of nitrogens with one attached hydrogen (secondary N) is 1. The normalized spacial score (nSPS) is 26.5. The van der Waals surface area contributed by atoms with Crippen LogP contribution in [0.2, 0.25) is 0 Å². The van der Waals surface area contributed by atoms with Crippen molar-refractivity contribution in [3.05, 3.63) is 24.3 Å². The van der Waals surface area contributed by atoms with Crippen LogP contribution in [0, 0.1) is 0 Å². The van der Waals surface area contributed by atoms with Crippen LogP contribution in [0.5, 0.6) is 0 Å². The van der Waals surface area contributed by atoms with E-state index in [0.29, 0.717) is 12.8 Å². The predicted molar refractivity (Wildman–Crippen MR) is 268 cm³/mol. The van der Waals surface area contributed by atoms with Crippen LogP contribution in [0.15, 0.2) is 24.3 Å². The van der Waals surface area contributed by atoms with E-state index < -0.39 is 86.8 Å². The van der Waals surface area contributed by atoms with E-state index in [4.69, 9.17) is 18.9 Å². The van der Waals surface area contributed by atoms with Gasteiger partial charge in [-0.1, -0.05) is 205 Å². The second kappa shape index (κ2) is 41.0. The van der Waals surface area contributed by atoms with Crippen LogP contribution in [-0.4, -0.2) is 140 Å². The Morgan fingerprint density at radius 2 is 0.941 bits per heavy atom. The highest BCUT2D eigenvalue weighted by Gasteiger charge is 2.51. The van der Waals surface area contributed by atoms with Gasteiger partial charge in [0, 0.05) is 6.42 Å². The number of amides is 1. The maximum Gasteiger partial charge on any atom is 0.220 e. The van der Waals surface area contributed by atoms with E-state index in [9.17, 15) is 45.6 Å². The molecule has 0 aromatic carbocycles. The second-order valence-corrected chi connectivity index (χ2v) is 19.7. The zero-order valence-corrected chi connectivity index (χ0v) is 42.6. The molecule has 1 amide bonds. The number of aliphatic hydroxyl groups excluding tert-OH is 8. The topological polar surface area (TPSA) is 228 Å². The molecule has 2 fully saturated rings. The summed E-state index contributed by atoms with van der Waals surface area (Å²) in [5, 5.41) is 86.8. The molecule has 0 aromatic rings. The maximum atomic E-state index is 13.2. The third-order valence-corrected chi connectivity index (χ3v) is 13.6. The van der Waals surface area contributed by atoms with E-state index in [1.165, 1.54) is 154 Å². The molecule has 2 rings (SSSR count). The summed E-state index contributed by atoms with van der Waals surface area (Å²) in [7, 11) is 0. The molecule has 0 spiro atoms. The molecule has 0 aliphatic carbocycles. The van der Waals surface area contributed by atoms with Gasteiger partial charge in [0.2, 0.25) is 5.91 Å². The molecule has 14 heteroatoms. The highest BCUT2D eigenvalue weighted by molar-refractivity contribution is 5.76. The van der Waals surface area contributed by atoms with Gasteiger partial charge in [-0.3, -0.25) is 4.79 Å². The summed E-state index contributed by atoms with van der Waals surface area (Å²) >= 11 is 0. The Morgan fingerprint density at radius 1 is 0.515 bits per heavy atom. The first kappa shape index (κ1) is 62.6. The lowest BCUT2D eigenvalue weighted by Crippen LogP contribution is -2.65. The highest BCUT2D eigenvalue weighted by Crippen LogP contribution is 2.30. The highest BCUT2D eigenvalue weighted by atomic mass is 16.7.